The summed E-state index contributed by atoms with van der Waals surface area (Å²) in [6.45, 7) is 14.3. The van der Waals surface area contributed by atoms with Crippen molar-refractivity contribution in [2.24, 2.45) is 11.8 Å². The topological polar surface area (TPSA) is 9.23 Å². The van der Waals surface area contributed by atoms with Gasteiger partial charge in [0.15, 0.2) is 0 Å². The summed E-state index contributed by atoms with van der Waals surface area (Å²) in [4.78, 5) is 0. The lowest BCUT2D eigenvalue weighted by atomic mass is 9.94. The lowest BCUT2D eigenvalue weighted by molar-refractivity contribution is -0.0665. The van der Waals surface area contributed by atoms with Gasteiger partial charge >= 0.3 is 0 Å². The maximum Gasteiger partial charge on any atom is 0.0649 e. The number of ether oxygens (including phenoxy) is 1. The number of hydrogen-bond donors (Lipinski definition) is 0. The molecule has 0 aliphatic rings. The first-order chi connectivity index (χ1) is 6.94. The average molecular weight is 214 g/mol. The minimum absolute atomic E-state index is 0.0274. The highest BCUT2D eigenvalue weighted by molar-refractivity contribution is 4.73. The van der Waals surface area contributed by atoms with E-state index in [1.807, 2.05) is 0 Å². The number of hydrogen-bond acceptors (Lipinski definition) is 1. The Kier molecular flexibility index (Phi) is 7.25. The maximum atomic E-state index is 6.04. The van der Waals surface area contributed by atoms with Gasteiger partial charge in [-0.15, -0.1) is 0 Å². The molecule has 0 N–H and O–H groups in total. The fraction of sp³-hybridized carbons (Fsp3) is 1.00. The smallest absolute Gasteiger partial charge is 0.0649 e. The van der Waals surface area contributed by atoms with E-state index in [1.165, 1.54) is 25.7 Å². The predicted octanol–water partition coefficient (Wildman–Crippen LogP) is 4.65. The molecule has 0 saturated carbocycles. The Labute approximate surface area is 96.6 Å². The zero-order valence-electron chi connectivity index (χ0n) is 11.6. The molecule has 0 radical (unpaired) electrons. The predicted molar refractivity (Wildman–Crippen MR) is 68.2 cm³/mol. The molecule has 1 heteroatoms. The van der Waals surface area contributed by atoms with Crippen LogP contribution in [-0.2, 0) is 4.74 Å². The van der Waals surface area contributed by atoms with Gasteiger partial charge in [0.2, 0.25) is 0 Å². The third-order valence-electron chi connectivity index (χ3n) is 3.62. The van der Waals surface area contributed by atoms with Gasteiger partial charge in [-0.25, -0.2) is 0 Å². The zero-order chi connectivity index (χ0) is 11.9. The molecule has 0 aromatic heterocycles. The lowest BCUT2D eigenvalue weighted by Gasteiger charge is -2.31. The van der Waals surface area contributed by atoms with E-state index in [2.05, 4.69) is 41.5 Å². The average Bonchev–Trinajstić information content (AvgIpc) is 2.18. The molecular formula is C14H30O. The fourth-order valence-corrected chi connectivity index (χ4v) is 1.40. The van der Waals surface area contributed by atoms with E-state index in [1.54, 1.807) is 0 Å². The van der Waals surface area contributed by atoms with Crippen LogP contribution in [-0.4, -0.2) is 12.2 Å². The largest absolute Gasteiger partial charge is 0.375 e. The Hall–Kier alpha value is -0.0400. The summed E-state index contributed by atoms with van der Waals surface area (Å²) in [7, 11) is 0. The van der Waals surface area contributed by atoms with Crippen LogP contribution < -0.4 is 0 Å². The Bertz CT molecular complexity index is 149. The van der Waals surface area contributed by atoms with Crippen molar-refractivity contribution in [3.8, 4) is 0 Å². The molecular weight excluding hydrogens is 184 g/mol. The first-order valence-electron chi connectivity index (χ1n) is 6.58. The Morgan fingerprint density at radius 2 is 1.73 bits per heavy atom. The standard InChI is InChI=1S/C14H30O/c1-7-9-10-13(8-2)11-15-14(5,6)12(3)4/h12-13H,7-11H2,1-6H3. The molecule has 0 aromatic rings. The van der Waals surface area contributed by atoms with Crippen LogP contribution in [0.15, 0.2) is 0 Å². The lowest BCUT2D eigenvalue weighted by Crippen LogP contribution is -2.33. The van der Waals surface area contributed by atoms with Gasteiger partial charge in [-0.1, -0.05) is 47.0 Å². The SMILES string of the molecule is CCCCC(CC)COC(C)(C)C(C)C. The van der Waals surface area contributed by atoms with Crippen LogP contribution in [0, 0.1) is 11.8 Å². The number of rotatable bonds is 8. The summed E-state index contributed by atoms with van der Waals surface area (Å²) in [5.74, 6) is 1.34. The van der Waals surface area contributed by atoms with Crippen molar-refractivity contribution in [1.82, 2.24) is 0 Å². The van der Waals surface area contributed by atoms with Crippen molar-refractivity contribution >= 4 is 0 Å². The molecule has 0 fully saturated rings. The fourth-order valence-electron chi connectivity index (χ4n) is 1.40. The molecule has 0 amide bonds. The molecule has 1 nitrogen and oxygen atoms in total. The summed E-state index contributed by atoms with van der Waals surface area (Å²) in [6.07, 6.45) is 5.20. The van der Waals surface area contributed by atoms with E-state index < -0.39 is 0 Å². The first-order valence-corrected chi connectivity index (χ1v) is 6.58. The molecule has 0 spiro atoms. The van der Waals surface area contributed by atoms with Gasteiger partial charge in [0.1, 0.15) is 0 Å². The quantitative estimate of drug-likeness (QED) is 0.571. The van der Waals surface area contributed by atoms with Crippen LogP contribution in [0.5, 0.6) is 0 Å². The van der Waals surface area contributed by atoms with E-state index in [4.69, 9.17) is 4.74 Å². The Balaban J connectivity index is 3.88. The van der Waals surface area contributed by atoms with Gasteiger partial charge in [0.25, 0.3) is 0 Å². The minimum atomic E-state index is 0.0274. The van der Waals surface area contributed by atoms with E-state index in [-0.39, 0.29) is 5.60 Å². The summed E-state index contributed by atoms with van der Waals surface area (Å²) in [6, 6.07) is 0. The van der Waals surface area contributed by atoms with Crippen molar-refractivity contribution in [2.45, 2.75) is 72.8 Å². The minimum Gasteiger partial charge on any atom is -0.375 e. The molecule has 1 unspecified atom stereocenters. The van der Waals surface area contributed by atoms with Crippen molar-refractivity contribution in [1.29, 1.82) is 0 Å². The second-order valence-electron chi connectivity index (χ2n) is 5.49. The highest BCUT2D eigenvalue weighted by Gasteiger charge is 2.23. The molecule has 0 saturated heterocycles. The summed E-state index contributed by atoms with van der Waals surface area (Å²) < 4.78 is 6.04. The van der Waals surface area contributed by atoms with Crippen molar-refractivity contribution in [3.05, 3.63) is 0 Å². The maximum absolute atomic E-state index is 6.04. The number of unbranched alkanes of at least 4 members (excludes halogenated alkanes) is 1. The Morgan fingerprint density at radius 3 is 2.13 bits per heavy atom. The van der Waals surface area contributed by atoms with Crippen molar-refractivity contribution in [2.75, 3.05) is 6.61 Å². The van der Waals surface area contributed by atoms with Gasteiger partial charge in [-0.3, -0.25) is 0 Å². The van der Waals surface area contributed by atoms with Crippen LogP contribution in [0.2, 0.25) is 0 Å². The summed E-state index contributed by atoms with van der Waals surface area (Å²) in [5, 5.41) is 0. The van der Waals surface area contributed by atoms with E-state index >= 15 is 0 Å². The molecule has 0 heterocycles. The van der Waals surface area contributed by atoms with Gasteiger partial charge in [-0.05, 0) is 32.1 Å². The highest BCUT2D eigenvalue weighted by atomic mass is 16.5. The van der Waals surface area contributed by atoms with Crippen LogP contribution in [0.1, 0.15) is 67.2 Å². The second kappa shape index (κ2) is 7.27. The van der Waals surface area contributed by atoms with Crippen molar-refractivity contribution in [3.63, 3.8) is 0 Å². The molecule has 0 rings (SSSR count). The molecule has 1 atom stereocenters. The van der Waals surface area contributed by atoms with Gasteiger partial charge in [0, 0.05) is 0 Å². The Morgan fingerprint density at radius 1 is 1.13 bits per heavy atom. The van der Waals surface area contributed by atoms with E-state index in [0.29, 0.717) is 5.92 Å². The van der Waals surface area contributed by atoms with E-state index in [9.17, 15) is 0 Å². The third kappa shape index (κ3) is 6.19. The highest BCUT2D eigenvalue weighted by Crippen LogP contribution is 2.23. The molecule has 92 valence electrons. The van der Waals surface area contributed by atoms with Gasteiger partial charge < -0.3 is 4.74 Å². The van der Waals surface area contributed by atoms with Crippen LogP contribution in [0.4, 0.5) is 0 Å². The second-order valence-corrected chi connectivity index (χ2v) is 5.49. The molecule has 0 aliphatic carbocycles. The van der Waals surface area contributed by atoms with Crippen LogP contribution in [0.25, 0.3) is 0 Å². The van der Waals surface area contributed by atoms with Gasteiger partial charge in [-0.2, -0.15) is 0 Å². The van der Waals surface area contributed by atoms with Crippen LogP contribution >= 0.6 is 0 Å². The monoisotopic (exact) mass is 214 g/mol. The third-order valence-corrected chi connectivity index (χ3v) is 3.62. The van der Waals surface area contributed by atoms with Crippen LogP contribution in [0.3, 0.4) is 0 Å². The molecule has 0 bridgehead atoms. The summed E-state index contributed by atoms with van der Waals surface area (Å²) >= 11 is 0. The molecule has 0 aliphatic heterocycles. The molecule has 15 heavy (non-hydrogen) atoms. The van der Waals surface area contributed by atoms with Crippen molar-refractivity contribution < 1.29 is 4.74 Å². The first kappa shape index (κ1) is 15.0. The molecule has 0 aromatic carbocycles. The summed E-state index contributed by atoms with van der Waals surface area (Å²) in [5.41, 5.74) is 0.0274. The van der Waals surface area contributed by atoms with Gasteiger partial charge in [0.05, 0.1) is 12.2 Å². The zero-order valence-corrected chi connectivity index (χ0v) is 11.6. The normalized spacial score (nSPS) is 14.6. The van der Waals surface area contributed by atoms with E-state index in [0.717, 1.165) is 12.5 Å².